The monoisotopic (exact) mass is 449 g/mol. The van der Waals surface area contributed by atoms with E-state index in [0.717, 1.165) is 34.0 Å². The van der Waals surface area contributed by atoms with Crippen LogP contribution in [0.3, 0.4) is 0 Å². The largest absolute Gasteiger partial charge is 0.507 e. The van der Waals surface area contributed by atoms with Gasteiger partial charge >= 0.3 is 0 Å². The van der Waals surface area contributed by atoms with Crippen molar-refractivity contribution in [2.75, 3.05) is 0 Å². The number of aromatic hydroxyl groups is 1. The Morgan fingerprint density at radius 3 is 2.58 bits per heavy atom. The number of benzene rings is 3. The third kappa shape index (κ3) is 4.84. The number of phenols is 1. The van der Waals surface area contributed by atoms with Crippen molar-refractivity contribution in [1.29, 1.82) is 0 Å². The summed E-state index contributed by atoms with van der Waals surface area (Å²) in [5.74, 6) is -0.305. The maximum Gasteiger partial charge on any atom is 0.293 e. The third-order valence-corrected chi connectivity index (χ3v) is 6.30. The number of amides is 2. The molecule has 0 spiro atoms. The summed E-state index contributed by atoms with van der Waals surface area (Å²) in [5, 5.41) is 10.7. The molecule has 0 radical (unpaired) electrons. The van der Waals surface area contributed by atoms with Crippen molar-refractivity contribution in [1.82, 2.24) is 4.90 Å². The zero-order valence-corrected chi connectivity index (χ0v) is 18.4. The number of aryl methyl sites for hydroxylation is 1. The molecule has 0 atom stereocenters. The van der Waals surface area contributed by atoms with Gasteiger partial charge in [-0.1, -0.05) is 65.7 Å². The smallest absolute Gasteiger partial charge is 0.293 e. The number of halogens is 1. The summed E-state index contributed by atoms with van der Waals surface area (Å²) < 4.78 is 0. The van der Waals surface area contributed by atoms with Crippen LogP contribution in [0, 0.1) is 6.92 Å². The van der Waals surface area contributed by atoms with Crippen molar-refractivity contribution in [3.63, 3.8) is 0 Å². The summed E-state index contributed by atoms with van der Waals surface area (Å²) in [6.07, 6.45) is 2.17. The van der Waals surface area contributed by atoms with E-state index in [1.165, 1.54) is 4.90 Å². The van der Waals surface area contributed by atoms with E-state index in [1.807, 2.05) is 67.6 Å². The first-order chi connectivity index (χ1) is 14.9. The number of nitrogens with zero attached hydrogens (tertiary/aromatic N) is 1. The van der Waals surface area contributed by atoms with E-state index in [2.05, 4.69) is 0 Å². The molecule has 0 bridgehead atoms. The van der Waals surface area contributed by atoms with Crippen molar-refractivity contribution in [2.24, 2.45) is 0 Å². The Bertz CT molecular complexity index is 1200. The third-order valence-electron chi connectivity index (χ3n) is 5.03. The zero-order chi connectivity index (χ0) is 22.0. The lowest BCUT2D eigenvalue weighted by Gasteiger charge is -2.12. The fourth-order valence-electron chi connectivity index (χ4n) is 3.46. The Labute approximate surface area is 190 Å². The van der Waals surface area contributed by atoms with Gasteiger partial charge in [-0.15, -0.1) is 0 Å². The predicted octanol–water partition coefficient (Wildman–Crippen LogP) is 6.18. The number of carbonyl (C=O) groups excluding carboxylic acids is 2. The molecule has 4 rings (SSSR count). The lowest BCUT2D eigenvalue weighted by Crippen LogP contribution is -2.27. The van der Waals surface area contributed by atoms with Crippen molar-refractivity contribution in [2.45, 2.75) is 19.9 Å². The summed E-state index contributed by atoms with van der Waals surface area (Å²) in [6.45, 7) is 2.19. The summed E-state index contributed by atoms with van der Waals surface area (Å²) in [7, 11) is 0. The first kappa shape index (κ1) is 21.2. The van der Waals surface area contributed by atoms with Gasteiger partial charge in [0.05, 0.1) is 11.4 Å². The molecule has 1 heterocycles. The SMILES string of the molecule is Cc1cccc(CN2C(=O)S/C(=C\c3cc(Cc4ccccc4Cl)ccc3O)C2=O)c1. The molecule has 1 saturated heterocycles. The Morgan fingerprint density at radius 1 is 1.00 bits per heavy atom. The molecule has 1 N–H and O–H groups in total. The molecule has 6 heteroatoms. The lowest BCUT2D eigenvalue weighted by molar-refractivity contribution is -0.123. The summed E-state index contributed by atoms with van der Waals surface area (Å²) in [5.41, 5.74) is 4.37. The molecule has 31 heavy (non-hydrogen) atoms. The topological polar surface area (TPSA) is 57.6 Å². The van der Waals surface area contributed by atoms with Crippen molar-refractivity contribution in [3.05, 3.63) is 104 Å². The Morgan fingerprint density at radius 2 is 1.81 bits per heavy atom. The number of carbonyl (C=O) groups is 2. The standard InChI is InChI=1S/C25H20ClNO3S/c1-16-5-4-6-18(11-16)15-27-24(29)23(31-25(27)30)14-20-13-17(9-10-22(20)28)12-19-7-2-3-8-21(19)26/h2-11,13-14,28H,12,15H2,1H3/b23-14-. The Kier molecular flexibility index (Phi) is 6.16. The highest BCUT2D eigenvalue weighted by molar-refractivity contribution is 8.18. The first-order valence-corrected chi connectivity index (χ1v) is 11.0. The van der Waals surface area contributed by atoms with Crippen molar-refractivity contribution < 1.29 is 14.7 Å². The van der Waals surface area contributed by atoms with Crippen LogP contribution in [-0.4, -0.2) is 21.2 Å². The number of imide groups is 1. The minimum absolute atomic E-state index is 0.0494. The van der Waals surface area contributed by atoms with Gasteiger partial charge in [0.25, 0.3) is 11.1 Å². The van der Waals surface area contributed by atoms with E-state index in [1.54, 1.807) is 12.1 Å². The van der Waals surface area contributed by atoms with Crippen LogP contribution in [0.25, 0.3) is 6.08 Å². The van der Waals surface area contributed by atoms with Gasteiger partial charge in [0.15, 0.2) is 0 Å². The molecule has 0 aromatic heterocycles. The Hall–Kier alpha value is -3.02. The van der Waals surface area contributed by atoms with Crippen LogP contribution in [0.4, 0.5) is 4.79 Å². The molecule has 3 aromatic rings. The minimum Gasteiger partial charge on any atom is -0.507 e. The van der Waals surface area contributed by atoms with E-state index in [0.29, 0.717) is 21.9 Å². The molecule has 0 saturated carbocycles. The van der Waals surface area contributed by atoms with Crippen molar-refractivity contribution in [3.8, 4) is 5.75 Å². The summed E-state index contributed by atoms with van der Waals surface area (Å²) in [4.78, 5) is 26.8. The maximum atomic E-state index is 12.9. The molecule has 4 nitrogen and oxygen atoms in total. The van der Waals surface area contributed by atoms with Gasteiger partial charge in [-0.25, -0.2) is 0 Å². The van der Waals surface area contributed by atoms with Gasteiger partial charge in [0.2, 0.25) is 0 Å². The maximum absolute atomic E-state index is 12.9. The van der Waals surface area contributed by atoms with Gasteiger partial charge in [0, 0.05) is 10.6 Å². The highest BCUT2D eigenvalue weighted by atomic mass is 35.5. The molecular weight excluding hydrogens is 430 g/mol. The van der Waals surface area contributed by atoms with Gasteiger partial charge in [-0.05, 0) is 66.1 Å². The summed E-state index contributed by atoms with van der Waals surface area (Å²) >= 11 is 7.15. The lowest BCUT2D eigenvalue weighted by atomic mass is 10.0. The van der Waals surface area contributed by atoms with Crippen LogP contribution in [0.15, 0.2) is 71.6 Å². The second-order valence-electron chi connectivity index (χ2n) is 7.42. The molecular formula is C25H20ClNO3S. The first-order valence-electron chi connectivity index (χ1n) is 9.77. The molecule has 1 aliphatic heterocycles. The van der Waals surface area contributed by atoms with Crippen LogP contribution in [0.1, 0.15) is 27.8 Å². The van der Waals surface area contributed by atoms with Crippen LogP contribution in [0.2, 0.25) is 5.02 Å². The highest BCUT2D eigenvalue weighted by Crippen LogP contribution is 2.35. The normalized spacial score (nSPS) is 15.2. The summed E-state index contributed by atoms with van der Waals surface area (Å²) in [6, 6.07) is 20.5. The van der Waals surface area contributed by atoms with Crippen molar-refractivity contribution >= 4 is 40.6 Å². The molecule has 156 valence electrons. The van der Waals surface area contributed by atoms with E-state index >= 15 is 0 Å². The van der Waals surface area contributed by atoms with Gasteiger partial charge in [-0.3, -0.25) is 14.5 Å². The molecule has 1 fully saturated rings. The van der Waals surface area contributed by atoms with Gasteiger partial charge in [0.1, 0.15) is 5.75 Å². The van der Waals surface area contributed by atoms with Gasteiger partial charge < -0.3 is 5.11 Å². The minimum atomic E-state index is -0.354. The number of thioether (sulfide) groups is 1. The van der Waals surface area contributed by atoms with Crippen LogP contribution in [-0.2, 0) is 17.8 Å². The van der Waals surface area contributed by atoms with E-state index in [-0.39, 0.29) is 23.4 Å². The fourth-order valence-corrected chi connectivity index (χ4v) is 4.49. The fraction of sp³-hybridized carbons (Fsp3) is 0.120. The van der Waals surface area contributed by atoms with Crippen LogP contribution in [0.5, 0.6) is 5.75 Å². The average Bonchev–Trinajstić information content (AvgIpc) is 2.99. The van der Waals surface area contributed by atoms with Gasteiger partial charge in [-0.2, -0.15) is 0 Å². The number of phenolic OH excluding ortho intramolecular Hbond substituents is 1. The average molecular weight is 450 g/mol. The molecule has 0 aliphatic carbocycles. The van der Waals surface area contributed by atoms with E-state index in [9.17, 15) is 14.7 Å². The van der Waals surface area contributed by atoms with E-state index in [4.69, 9.17) is 11.6 Å². The van der Waals surface area contributed by atoms with Crippen LogP contribution < -0.4 is 0 Å². The zero-order valence-electron chi connectivity index (χ0n) is 16.8. The Balaban J connectivity index is 1.57. The number of rotatable bonds is 5. The molecule has 1 aliphatic rings. The highest BCUT2D eigenvalue weighted by Gasteiger charge is 2.35. The molecule has 3 aromatic carbocycles. The molecule has 2 amide bonds. The number of hydrogen-bond donors (Lipinski definition) is 1. The second-order valence-corrected chi connectivity index (χ2v) is 8.82. The number of hydrogen-bond acceptors (Lipinski definition) is 4. The van der Waals surface area contributed by atoms with E-state index < -0.39 is 0 Å². The quantitative estimate of drug-likeness (QED) is 0.472. The molecule has 0 unspecified atom stereocenters. The predicted molar refractivity (Wildman–Crippen MR) is 125 cm³/mol. The van der Waals surface area contributed by atoms with Crippen LogP contribution >= 0.6 is 23.4 Å². The second kappa shape index (κ2) is 9.00.